The zero-order valence-corrected chi connectivity index (χ0v) is 8.72. The Morgan fingerprint density at radius 1 is 1.23 bits per heavy atom. The Labute approximate surface area is 79.9 Å². The molecule has 4 nitrogen and oxygen atoms in total. The average molecular weight is 188 g/mol. The number of hydrogen-bond acceptors (Lipinski definition) is 4. The first-order valence-electron chi connectivity index (χ1n) is 4.81. The normalized spacial score (nSPS) is 34.8. The number of nitrogens with one attached hydrogen (secondary N) is 2. The summed E-state index contributed by atoms with van der Waals surface area (Å²) < 4.78 is 0. The van der Waals surface area contributed by atoms with Crippen molar-refractivity contribution in [2.24, 2.45) is 0 Å². The molecule has 0 aromatic heterocycles. The molecule has 0 amide bonds. The average Bonchev–Trinajstić information content (AvgIpc) is 2.10. The second kappa shape index (κ2) is 4.91. The molecule has 0 spiro atoms. The fourth-order valence-electron chi connectivity index (χ4n) is 2.02. The molecule has 1 saturated carbocycles. The van der Waals surface area contributed by atoms with Gasteiger partial charge in [0.25, 0.3) is 0 Å². The Kier molecular flexibility index (Phi) is 4.12. The molecule has 1 aliphatic carbocycles. The van der Waals surface area contributed by atoms with E-state index in [2.05, 4.69) is 17.9 Å². The summed E-state index contributed by atoms with van der Waals surface area (Å²) in [6.45, 7) is 2.16. The lowest BCUT2D eigenvalue weighted by Gasteiger charge is -2.40. The van der Waals surface area contributed by atoms with Crippen LogP contribution >= 0.6 is 0 Å². The fraction of sp³-hybridized carbons (Fsp3) is 1.00. The Bertz CT molecular complexity index is 149. The van der Waals surface area contributed by atoms with E-state index in [9.17, 15) is 0 Å². The first-order valence-corrected chi connectivity index (χ1v) is 4.81. The van der Waals surface area contributed by atoms with Crippen molar-refractivity contribution >= 4 is 0 Å². The van der Waals surface area contributed by atoms with E-state index in [1.165, 1.54) is 12.8 Å². The Morgan fingerprint density at radius 2 is 2.00 bits per heavy atom. The van der Waals surface area contributed by atoms with Crippen molar-refractivity contribution in [3.8, 4) is 0 Å². The second-order valence-corrected chi connectivity index (χ2v) is 3.84. The van der Waals surface area contributed by atoms with Gasteiger partial charge >= 0.3 is 0 Å². The number of hydrogen-bond donors (Lipinski definition) is 2. The van der Waals surface area contributed by atoms with Gasteiger partial charge in [-0.1, -0.05) is 12.8 Å². The molecule has 0 aromatic rings. The van der Waals surface area contributed by atoms with Crippen LogP contribution in [0.2, 0.25) is 0 Å². The Morgan fingerprint density at radius 3 is 2.62 bits per heavy atom. The summed E-state index contributed by atoms with van der Waals surface area (Å²) in [4.78, 5) is 9.99. The van der Waals surface area contributed by atoms with Crippen LogP contribution in [-0.2, 0) is 9.68 Å². The van der Waals surface area contributed by atoms with Crippen LogP contribution < -0.4 is 11.0 Å². The third kappa shape index (κ3) is 2.64. The minimum absolute atomic E-state index is 0.0109. The van der Waals surface area contributed by atoms with Gasteiger partial charge in [0.1, 0.15) is 0 Å². The molecule has 0 heterocycles. The standard InChI is InChI=1S/C9H20N2O2/c1-9(11-13-3)7-5-4-6-8(9)10-12-2/h8,10-11H,4-7H2,1-3H3/t8-,9+/m1/s1. The lowest BCUT2D eigenvalue weighted by Crippen LogP contribution is -2.58. The van der Waals surface area contributed by atoms with Crippen molar-refractivity contribution < 1.29 is 9.68 Å². The molecular weight excluding hydrogens is 168 g/mol. The van der Waals surface area contributed by atoms with E-state index in [0.717, 1.165) is 12.8 Å². The zero-order valence-electron chi connectivity index (χ0n) is 8.72. The molecule has 0 radical (unpaired) electrons. The summed E-state index contributed by atoms with van der Waals surface area (Å²) in [5.74, 6) is 0. The van der Waals surface area contributed by atoms with Gasteiger partial charge in [-0.2, -0.15) is 11.0 Å². The highest BCUT2D eigenvalue weighted by atomic mass is 16.6. The van der Waals surface area contributed by atoms with Crippen LogP contribution in [0.1, 0.15) is 32.6 Å². The summed E-state index contributed by atoms with van der Waals surface area (Å²) in [6, 6.07) is 0.325. The van der Waals surface area contributed by atoms with Gasteiger partial charge in [-0.15, -0.1) is 0 Å². The van der Waals surface area contributed by atoms with Crippen LogP contribution in [0.4, 0.5) is 0 Å². The van der Waals surface area contributed by atoms with Crippen molar-refractivity contribution in [1.29, 1.82) is 0 Å². The third-order valence-electron chi connectivity index (χ3n) is 2.80. The molecule has 78 valence electrons. The summed E-state index contributed by atoms with van der Waals surface area (Å²) >= 11 is 0. The van der Waals surface area contributed by atoms with Crippen molar-refractivity contribution in [3.05, 3.63) is 0 Å². The number of rotatable bonds is 4. The smallest absolute Gasteiger partial charge is 0.0579 e. The summed E-state index contributed by atoms with van der Waals surface area (Å²) in [5, 5.41) is 0. The van der Waals surface area contributed by atoms with E-state index in [0.29, 0.717) is 6.04 Å². The fourth-order valence-corrected chi connectivity index (χ4v) is 2.02. The molecule has 2 atom stereocenters. The van der Waals surface area contributed by atoms with E-state index in [4.69, 9.17) is 9.68 Å². The van der Waals surface area contributed by atoms with Gasteiger partial charge in [-0.3, -0.25) is 0 Å². The van der Waals surface area contributed by atoms with Crippen molar-refractivity contribution in [3.63, 3.8) is 0 Å². The molecule has 4 heteroatoms. The van der Waals surface area contributed by atoms with E-state index in [1.54, 1.807) is 14.2 Å². The highest BCUT2D eigenvalue weighted by molar-refractivity contribution is 4.94. The first kappa shape index (κ1) is 10.9. The molecular formula is C9H20N2O2. The Balaban J connectivity index is 2.54. The minimum atomic E-state index is -0.0109. The molecule has 0 aromatic carbocycles. The number of hydroxylamine groups is 2. The lowest BCUT2D eigenvalue weighted by atomic mass is 9.80. The summed E-state index contributed by atoms with van der Waals surface area (Å²) in [6.07, 6.45) is 4.74. The molecule has 2 N–H and O–H groups in total. The van der Waals surface area contributed by atoms with Gasteiger partial charge in [-0.25, -0.2) is 0 Å². The van der Waals surface area contributed by atoms with Gasteiger partial charge in [0.15, 0.2) is 0 Å². The van der Waals surface area contributed by atoms with Crippen LogP contribution in [-0.4, -0.2) is 25.8 Å². The zero-order chi connectivity index (χ0) is 9.73. The van der Waals surface area contributed by atoms with Crippen LogP contribution in [0, 0.1) is 0 Å². The molecule has 0 saturated heterocycles. The van der Waals surface area contributed by atoms with E-state index in [-0.39, 0.29) is 5.54 Å². The predicted octanol–water partition coefficient (Wildman–Crippen LogP) is 0.990. The molecule has 1 fully saturated rings. The first-order chi connectivity index (χ1) is 6.23. The Hall–Kier alpha value is -0.160. The third-order valence-corrected chi connectivity index (χ3v) is 2.80. The highest BCUT2D eigenvalue weighted by Crippen LogP contribution is 2.28. The van der Waals surface area contributed by atoms with Crippen LogP contribution in [0.5, 0.6) is 0 Å². The summed E-state index contributed by atoms with van der Waals surface area (Å²) in [7, 11) is 3.31. The largest absolute Gasteiger partial charge is 0.305 e. The molecule has 13 heavy (non-hydrogen) atoms. The summed E-state index contributed by atoms with van der Waals surface area (Å²) in [5.41, 5.74) is 6.06. The van der Waals surface area contributed by atoms with Crippen molar-refractivity contribution in [1.82, 2.24) is 11.0 Å². The molecule has 0 unspecified atom stereocenters. The molecule has 0 bridgehead atoms. The van der Waals surface area contributed by atoms with Gasteiger partial charge in [0.2, 0.25) is 0 Å². The van der Waals surface area contributed by atoms with Gasteiger partial charge in [0.05, 0.1) is 25.8 Å². The minimum Gasteiger partial charge on any atom is -0.305 e. The van der Waals surface area contributed by atoms with Gasteiger partial charge < -0.3 is 9.68 Å². The van der Waals surface area contributed by atoms with Crippen molar-refractivity contribution in [2.45, 2.75) is 44.2 Å². The molecule has 0 aliphatic heterocycles. The van der Waals surface area contributed by atoms with Crippen LogP contribution in [0.25, 0.3) is 0 Å². The van der Waals surface area contributed by atoms with Gasteiger partial charge in [0, 0.05) is 0 Å². The van der Waals surface area contributed by atoms with E-state index >= 15 is 0 Å². The van der Waals surface area contributed by atoms with Crippen molar-refractivity contribution in [2.75, 3.05) is 14.2 Å². The highest BCUT2D eigenvalue weighted by Gasteiger charge is 2.36. The topological polar surface area (TPSA) is 42.5 Å². The maximum atomic E-state index is 5.02. The molecule has 1 aliphatic rings. The van der Waals surface area contributed by atoms with E-state index in [1.807, 2.05) is 0 Å². The SMILES string of the molecule is CON[C@@H]1CCCC[C@]1(C)NOC. The maximum Gasteiger partial charge on any atom is 0.0579 e. The van der Waals surface area contributed by atoms with Crippen LogP contribution in [0.15, 0.2) is 0 Å². The monoisotopic (exact) mass is 188 g/mol. The lowest BCUT2D eigenvalue weighted by molar-refractivity contribution is -0.0539. The predicted molar refractivity (Wildman–Crippen MR) is 51.0 cm³/mol. The quantitative estimate of drug-likeness (QED) is 0.646. The van der Waals surface area contributed by atoms with E-state index < -0.39 is 0 Å². The maximum absolute atomic E-state index is 5.02. The van der Waals surface area contributed by atoms with Gasteiger partial charge in [-0.05, 0) is 19.8 Å². The van der Waals surface area contributed by atoms with Crippen LogP contribution in [0.3, 0.4) is 0 Å². The second-order valence-electron chi connectivity index (χ2n) is 3.84. The molecule has 1 rings (SSSR count).